The topological polar surface area (TPSA) is 59.3 Å². The van der Waals surface area contributed by atoms with Crippen molar-refractivity contribution in [3.8, 4) is 17.6 Å². The second-order valence-corrected chi connectivity index (χ2v) is 6.52. The number of rotatable bonds is 5. The number of ether oxygens (including phenoxy) is 2. The van der Waals surface area contributed by atoms with Gasteiger partial charge in [0.15, 0.2) is 11.5 Å². The first kappa shape index (κ1) is 22.6. The van der Waals surface area contributed by atoms with E-state index in [1.54, 1.807) is 6.07 Å². The molecule has 0 aromatic heterocycles. The zero-order valence-electron chi connectivity index (χ0n) is 16.6. The van der Waals surface area contributed by atoms with Gasteiger partial charge in [-0.15, -0.1) is 0 Å². The fourth-order valence-electron chi connectivity index (χ4n) is 2.83. The Bertz CT molecular complexity index is 1210. The van der Waals surface area contributed by atoms with Gasteiger partial charge in [-0.3, -0.25) is 0 Å². The summed E-state index contributed by atoms with van der Waals surface area (Å²) in [5.74, 6) is -1.25. The molecule has 0 saturated heterocycles. The first-order valence-electron chi connectivity index (χ1n) is 9.17. The molecular weight excluding hydrogens is 426 g/mol. The normalized spacial score (nSPS) is 11.6. The number of benzene rings is 3. The van der Waals surface area contributed by atoms with Crippen LogP contribution in [0.2, 0.25) is 0 Å². The summed E-state index contributed by atoms with van der Waals surface area (Å²) < 4.78 is 62.5. The van der Waals surface area contributed by atoms with Gasteiger partial charge in [-0.2, -0.15) is 18.4 Å². The van der Waals surface area contributed by atoms with Crippen LogP contribution >= 0.6 is 0 Å². The van der Waals surface area contributed by atoms with E-state index in [-0.39, 0.29) is 28.2 Å². The summed E-state index contributed by atoms with van der Waals surface area (Å²) in [6, 6.07) is 15.8. The van der Waals surface area contributed by atoms with Crippen molar-refractivity contribution in [1.82, 2.24) is 0 Å². The van der Waals surface area contributed by atoms with Crippen LogP contribution in [0.25, 0.3) is 11.6 Å². The lowest BCUT2D eigenvalue weighted by molar-refractivity contribution is -0.137. The highest BCUT2D eigenvalue weighted by atomic mass is 19.4. The molecule has 0 saturated carbocycles. The van der Waals surface area contributed by atoms with Gasteiger partial charge >= 0.3 is 12.1 Å². The smallest absolute Gasteiger partial charge is 0.416 e. The molecule has 0 unspecified atom stereocenters. The first-order chi connectivity index (χ1) is 15.2. The SMILES string of the molecule is COc1cc(/C=C(/C#N)c2ccccc2F)ccc1OC(=O)c1ccc(C(F)(F)F)cc1. The number of hydrogen-bond acceptors (Lipinski definition) is 4. The number of carbonyl (C=O) groups excluding carboxylic acids is 1. The largest absolute Gasteiger partial charge is 0.493 e. The van der Waals surface area contributed by atoms with E-state index in [1.807, 2.05) is 6.07 Å². The Balaban J connectivity index is 1.85. The summed E-state index contributed by atoms with van der Waals surface area (Å²) in [6.07, 6.45) is -3.07. The van der Waals surface area contributed by atoms with Crippen LogP contribution in [0, 0.1) is 17.1 Å². The number of halogens is 4. The Morgan fingerprint density at radius 2 is 1.69 bits per heavy atom. The molecule has 0 amide bonds. The van der Waals surface area contributed by atoms with E-state index in [0.29, 0.717) is 5.56 Å². The molecule has 0 aliphatic rings. The Morgan fingerprint density at radius 1 is 1.00 bits per heavy atom. The van der Waals surface area contributed by atoms with Crippen LogP contribution in [0.5, 0.6) is 11.5 Å². The fourth-order valence-corrected chi connectivity index (χ4v) is 2.83. The van der Waals surface area contributed by atoms with Gasteiger partial charge in [0, 0.05) is 5.56 Å². The molecule has 8 heteroatoms. The molecule has 0 aliphatic carbocycles. The highest BCUT2D eigenvalue weighted by Gasteiger charge is 2.30. The van der Waals surface area contributed by atoms with Crippen LogP contribution in [0.4, 0.5) is 17.6 Å². The molecule has 0 radical (unpaired) electrons. The van der Waals surface area contributed by atoms with Crippen molar-refractivity contribution in [3.05, 3.63) is 94.8 Å². The molecule has 4 nitrogen and oxygen atoms in total. The van der Waals surface area contributed by atoms with Crippen molar-refractivity contribution in [2.75, 3.05) is 7.11 Å². The van der Waals surface area contributed by atoms with E-state index in [1.165, 1.54) is 49.6 Å². The quantitative estimate of drug-likeness (QED) is 0.157. The summed E-state index contributed by atoms with van der Waals surface area (Å²) in [4.78, 5) is 12.3. The van der Waals surface area contributed by atoms with Crippen LogP contribution < -0.4 is 9.47 Å². The standard InChI is InChI=1S/C24H15F4NO3/c1-31-22-13-15(12-17(14-29)19-4-2-3-5-20(19)25)6-11-21(22)32-23(30)16-7-9-18(10-8-16)24(26,27)28/h2-13H,1H3/b17-12-. The molecule has 0 N–H and O–H groups in total. The lowest BCUT2D eigenvalue weighted by Crippen LogP contribution is -2.11. The minimum Gasteiger partial charge on any atom is -0.493 e. The van der Waals surface area contributed by atoms with Crippen LogP contribution in [-0.4, -0.2) is 13.1 Å². The molecular formula is C24H15F4NO3. The number of nitriles is 1. The number of nitrogens with zero attached hydrogens (tertiary/aromatic N) is 1. The average molecular weight is 441 g/mol. The highest BCUT2D eigenvalue weighted by Crippen LogP contribution is 2.32. The maximum atomic E-state index is 14.0. The van der Waals surface area contributed by atoms with Crippen molar-refractivity contribution >= 4 is 17.6 Å². The molecule has 162 valence electrons. The number of hydrogen-bond donors (Lipinski definition) is 0. The van der Waals surface area contributed by atoms with Gasteiger partial charge in [0.2, 0.25) is 0 Å². The molecule has 0 spiro atoms. The number of esters is 1. The summed E-state index contributed by atoms with van der Waals surface area (Å²) in [7, 11) is 1.33. The van der Waals surface area contributed by atoms with Crippen LogP contribution in [0.3, 0.4) is 0 Å². The molecule has 0 atom stereocenters. The number of alkyl halides is 3. The fraction of sp³-hybridized carbons (Fsp3) is 0.0833. The summed E-state index contributed by atoms with van der Waals surface area (Å²) >= 11 is 0. The maximum Gasteiger partial charge on any atom is 0.416 e. The Kier molecular flexibility index (Phi) is 6.59. The second kappa shape index (κ2) is 9.35. The minimum absolute atomic E-state index is 0.0268. The second-order valence-electron chi connectivity index (χ2n) is 6.52. The van der Waals surface area contributed by atoms with E-state index in [2.05, 4.69) is 0 Å². The summed E-state index contributed by atoms with van der Waals surface area (Å²) in [6.45, 7) is 0. The average Bonchev–Trinajstić information content (AvgIpc) is 2.78. The number of carbonyl (C=O) groups is 1. The van der Waals surface area contributed by atoms with E-state index in [9.17, 15) is 27.6 Å². The van der Waals surface area contributed by atoms with E-state index >= 15 is 0 Å². The van der Waals surface area contributed by atoms with Gasteiger partial charge in [0.05, 0.1) is 29.9 Å². The molecule has 0 fully saturated rings. The van der Waals surface area contributed by atoms with Gasteiger partial charge in [0.25, 0.3) is 0 Å². The predicted molar refractivity (Wildman–Crippen MR) is 109 cm³/mol. The van der Waals surface area contributed by atoms with Gasteiger partial charge in [-0.25, -0.2) is 9.18 Å². The van der Waals surface area contributed by atoms with Crippen molar-refractivity contribution in [2.45, 2.75) is 6.18 Å². The van der Waals surface area contributed by atoms with Crippen LogP contribution in [-0.2, 0) is 6.18 Å². The maximum absolute atomic E-state index is 14.0. The van der Waals surface area contributed by atoms with Gasteiger partial charge in [0.1, 0.15) is 5.82 Å². The van der Waals surface area contributed by atoms with Gasteiger partial charge < -0.3 is 9.47 Å². The number of allylic oxidation sites excluding steroid dienone is 1. The lowest BCUT2D eigenvalue weighted by Gasteiger charge is -2.11. The van der Waals surface area contributed by atoms with Crippen molar-refractivity contribution in [1.29, 1.82) is 5.26 Å². The molecule has 3 rings (SSSR count). The highest BCUT2D eigenvalue weighted by molar-refractivity contribution is 5.92. The first-order valence-corrected chi connectivity index (χ1v) is 9.17. The molecule has 3 aromatic rings. The molecule has 32 heavy (non-hydrogen) atoms. The zero-order chi connectivity index (χ0) is 23.3. The van der Waals surface area contributed by atoms with Crippen molar-refractivity contribution < 1.29 is 31.8 Å². The molecule has 3 aromatic carbocycles. The third-order valence-electron chi connectivity index (χ3n) is 4.43. The predicted octanol–water partition coefficient (Wildman–Crippen LogP) is 6.14. The summed E-state index contributed by atoms with van der Waals surface area (Å²) in [5, 5.41) is 9.41. The van der Waals surface area contributed by atoms with Gasteiger partial charge in [-0.05, 0) is 54.1 Å². The molecule has 0 heterocycles. The molecule has 0 bridgehead atoms. The van der Waals surface area contributed by atoms with Crippen molar-refractivity contribution in [3.63, 3.8) is 0 Å². The number of methoxy groups -OCH3 is 1. The molecule has 0 aliphatic heterocycles. The van der Waals surface area contributed by atoms with E-state index < -0.39 is 23.5 Å². The zero-order valence-corrected chi connectivity index (χ0v) is 16.6. The van der Waals surface area contributed by atoms with Crippen LogP contribution in [0.1, 0.15) is 27.0 Å². The Hall–Kier alpha value is -4.12. The van der Waals surface area contributed by atoms with Crippen molar-refractivity contribution in [2.24, 2.45) is 0 Å². The Morgan fingerprint density at radius 3 is 2.28 bits per heavy atom. The van der Waals surface area contributed by atoms with Crippen LogP contribution in [0.15, 0.2) is 66.7 Å². The minimum atomic E-state index is -4.51. The van der Waals surface area contributed by atoms with E-state index in [0.717, 1.165) is 24.3 Å². The van der Waals surface area contributed by atoms with E-state index in [4.69, 9.17) is 9.47 Å². The van der Waals surface area contributed by atoms with Gasteiger partial charge in [-0.1, -0.05) is 24.3 Å². The monoisotopic (exact) mass is 441 g/mol. The summed E-state index contributed by atoms with van der Waals surface area (Å²) in [5.41, 5.74) is -0.260. The Labute approximate surface area is 180 Å². The third kappa shape index (κ3) is 5.13. The third-order valence-corrected chi connectivity index (χ3v) is 4.43. The lowest BCUT2D eigenvalue weighted by atomic mass is 10.0.